The largest absolute Gasteiger partial charge is 0.488 e. The van der Waals surface area contributed by atoms with E-state index in [0.717, 1.165) is 15.6 Å². The standard InChI is InChI=1S/C15H11Br3F2O/c1-8-4-10(17)5-9(6-16)15(8)21-7-11-13(19)3-2-12(18)14(11)20/h2-5H,6-7H2,1H3. The van der Waals surface area contributed by atoms with Gasteiger partial charge in [-0.05, 0) is 52.7 Å². The van der Waals surface area contributed by atoms with Crippen molar-refractivity contribution in [3.8, 4) is 5.75 Å². The maximum Gasteiger partial charge on any atom is 0.146 e. The second-order valence-electron chi connectivity index (χ2n) is 4.45. The summed E-state index contributed by atoms with van der Waals surface area (Å²) in [4.78, 5) is 0. The summed E-state index contributed by atoms with van der Waals surface area (Å²) < 4.78 is 34.5. The predicted octanol–water partition coefficient (Wildman–Crippen LogP) is 6.27. The first-order chi connectivity index (χ1) is 9.93. The van der Waals surface area contributed by atoms with Gasteiger partial charge in [-0.15, -0.1) is 0 Å². The molecule has 112 valence electrons. The van der Waals surface area contributed by atoms with Crippen molar-refractivity contribution in [2.24, 2.45) is 0 Å². The van der Waals surface area contributed by atoms with Crippen molar-refractivity contribution in [3.05, 3.63) is 61.5 Å². The lowest BCUT2D eigenvalue weighted by Gasteiger charge is -2.15. The van der Waals surface area contributed by atoms with Crippen LogP contribution in [-0.2, 0) is 11.9 Å². The van der Waals surface area contributed by atoms with E-state index >= 15 is 0 Å². The Kier molecular flexibility index (Phi) is 5.80. The summed E-state index contributed by atoms with van der Waals surface area (Å²) in [5, 5.41) is 0.589. The molecule has 0 saturated heterocycles. The van der Waals surface area contributed by atoms with E-state index in [9.17, 15) is 8.78 Å². The first-order valence-electron chi connectivity index (χ1n) is 6.04. The quantitative estimate of drug-likeness (QED) is 0.367. The van der Waals surface area contributed by atoms with Gasteiger partial charge in [-0.1, -0.05) is 31.9 Å². The Hall–Kier alpha value is -0.460. The lowest BCUT2D eigenvalue weighted by molar-refractivity contribution is 0.288. The van der Waals surface area contributed by atoms with Crippen LogP contribution in [0.5, 0.6) is 5.75 Å². The van der Waals surface area contributed by atoms with Gasteiger partial charge in [-0.3, -0.25) is 0 Å². The Bertz CT molecular complexity index is 674. The summed E-state index contributed by atoms with van der Waals surface area (Å²) >= 11 is 9.85. The minimum Gasteiger partial charge on any atom is -0.488 e. The molecule has 0 saturated carbocycles. The third-order valence-corrected chi connectivity index (χ3v) is 4.63. The molecule has 1 nitrogen and oxygen atoms in total. The number of aryl methyl sites for hydroxylation is 1. The van der Waals surface area contributed by atoms with Crippen molar-refractivity contribution in [2.75, 3.05) is 0 Å². The van der Waals surface area contributed by atoms with Crippen LogP contribution in [0.3, 0.4) is 0 Å². The third-order valence-electron chi connectivity index (χ3n) is 2.96. The van der Waals surface area contributed by atoms with Gasteiger partial charge in [-0.2, -0.15) is 0 Å². The lowest BCUT2D eigenvalue weighted by Crippen LogP contribution is -2.05. The van der Waals surface area contributed by atoms with Crippen LogP contribution < -0.4 is 4.74 Å². The van der Waals surface area contributed by atoms with E-state index in [-0.39, 0.29) is 16.6 Å². The van der Waals surface area contributed by atoms with E-state index in [1.54, 1.807) is 0 Å². The Morgan fingerprint density at radius 2 is 1.86 bits per heavy atom. The molecule has 0 aliphatic rings. The summed E-state index contributed by atoms with van der Waals surface area (Å²) in [7, 11) is 0. The van der Waals surface area contributed by atoms with Crippen molar-refractivity contribution < 1.29 is 13.5 Å². The predicted molar refractivity (Wildman–Crippen MR) is 89.9 cm³/mol. The Balaban J connectivity index is 2.31. The van der Waals surface area contributed by atoms with Crippen LogP contribution in [0.25, 0.3) is 0 Å². The van der Waals surface area contributed by atoms with Crippen LogP contribution in [0, 0.1) is 18.6 Å². The fraction of sp³-hybridized carbons (Fsp3) is 0.200. The van der Waals surface area contributed by atoms with E-state index in [2.05, 4.69) is 47.8 Å². The number of benzene rings is 2. The molecule has 0 spiro atoms. The van der Waals surface area contributed by atoms with E-state index < -0.39 is 11.6 Å². The summed E-state index contributed by atoms with van der Waals surface area (Å²) in [6.45, 7) is 1.72. The fourth-order valence-corrected chi connectivity index (χ4v) is 3.36. The Labute approximate surface area is 147 Å². The van der Waals surface area contributed by atoms with Gasteiger partial charge in [0, 0.05) is 15.4 Å². The number of hydrogen-bond acceptors (Lipinski definition) is 1. The maximum absolute atomic E-state index is 13.9. The van der Waals surface area contributed by atoms with Crippen LogP contribution in [0.2, 0.25) is 0 Å². The average molecular weight is 485 g/mol. The minimum absolute atomic E-state index is 0.0905. The summed E-state index contributed by atoms with van der Waals surface area (Å²) in [6, 6.07) is 6.36. The van der Waals surface area contributed by atoms with Crippen molar-refractivity contribution in [1.82, 2.24) is 0 Å². The molecule has 0 atom stereocenters. The molecule has 0 bridgehead atoms. The van der Waals surface area contributed by atoms with Crippen LogP contribution in [0.15, 0.2) is 33.2 Å². The summed E-state index contributed by atoms with van der Waals surface area (Å²) in [5.74, 6) is -0.620. The monoisotopic (exact) mass is 482 g/mol. The molecule has 0 heterocycles. The zero-order chi connectivity index (χ0) is 15.6. The molecule has 0 aromatic heterocycles. The van der Waals surface area contributed by atoms with Gasteiger partial charge in [0.2, 0.25) is 0 Å². The molecule has 0 aliphatic carbocycles. The number of halogens is 5. The van der Waals surface area contributed by atoms with Crippen LogP contribution in [-0.4, -0.2) is 0 Å². The molecule has 0 fully saturated rings. The molecule has 0 radical (unpaired) electrons. The number of hydrogen-bond donors (Lipinski definition) is 0. The Morgan fingerprint density at radius 1 is 1.14 bits per heavy atom. The molecule has 0 unspecified atom stereocenters. The Morgan fingerprint density at radius 3 is 2.52 bits per heavy atom. The molecule has 0 N–H and O–H groups in total. The van der Waals surface area contributed by atoms with Crippen LogP contribution >= 0.6 is 47.8 Å². The van der Waals surface area contributed by atoms with Gasteiger partial charge in [0.25, 0.3) is 0 Å². The van der Waals surface area contributed by atoms with Crippen molar-refractivity contribution in [2.45, 2.75) is 18.9 Å². The highest BCUT2D eigenvalue weighted by Crippen LogP contribution is 2.31. The first-order valence-corrected chi connectivity index (χ1v) is 8.75. The fourth-order valence-electron chi connectivity index (χ4n) is 1.95. The van der Waals surface area contributed by atoms with E-state index in [1.807, 2.05) is 19.1 Å². The van der Waals surface area contributed by atoms with Crippen LogP contribution in [0.1, 0.15) is 16.7 Å². The molecule has 0 aliphatic heterocycles. The second kappa shape index (κ2) is 7.20. The topological polar surface area (TPSA) is 9.23 Å². The molecule has 21 heavy (non-hydrogen) atoms. The zero-order valence-corrected chi connectivity index (χ0v) is 15.8. The molecule has 6 heteroatoms. The van der Waals surface area contributed by atoms with Crippen molar-refractivity contribution in [1.29, 1.82) is 0 Å². The van der Waals surface area contributed by atoms with Gasteiger partial charge in [-0.25, -0.2) is 8.78 Å². The van der Waals surface area contributed by atoms with Gasteiger partial charge in [0.1, 0.15) is 24.0 Å². The highest BCUT2D eigenvalue weighted by Gasteiger charge is 2.15. The van der Waals surface area contributed by atoms with E-state index in [0.29, 0.717) is 11.1 Å². The van der Waals surface area contributed by atoms with E-state index in [1.165, 1.54) is 12.1 Å². The number of rotatable bonds is 4. The van der Waals surface area contributed by atoms with Gasteiger partial charge in [0.15, 0.2) is 0 Å². The molecule has 2 aromatic carbocycles. The highest BCUT2D eigenvalue weighted by molar-refractivity contribution is 9.10. The van der Waals surface area contributed by atoms with Gasteiger partial charge < -0.3 is 4.74 Å². The zero-order valence-electron chi connectivity index (χ0n) is 11.0. The summed E-state index contributed by atoms with van der Waals surface area (Å²) in [5.41, 5.74) is 1.72. The molecule has 2 rings (SSSR count). The third kappa shape index (κ3) is 3.85. The summed E-state index contributed by atoms with van der Waals surface area (Å²) in [6.07, 6.45) is 0. The smallest absolute Gasteiger partial charge is 0.146 e. The first kappa shape index (κ1) is 16.9. The molecular formula is C15H11Br3F2O. The SMILES string of the molecule is Cc1cc(Br)cc(CBr)c1OCc1c(F)ccc(Br)c1F. The van der Waals surface area contributed by atoms with E-state index in [4.69, 9.17) is 4.74 Å². The van der Waals surface area contributed by atoms with Crippen molar-refractivity contribution >= 4 is 47.8 Å². The lowest BCUT2D eigenvalue weighted by atomic mass is 10.1. The number of ether oxygens (including phenoxy) is 1. The maximum atomic E-state index is 13.9. The second-order valence-corrected chi connectivity index (χ2v) is 6.79. The average Bonchev–Trinajstić information content (AvgIpc) is 2.44. The number of alkyl halides is 1. The highest BCUT2D eigenvalue weighted by atomic mass is 79.9. The molecule has 2 aromatic rings. The normalized spacial score (nSPS) is 10.8. The van der Waals surface area contributed by atoms with Gasteiger partial charge in [0.05, 0.1) is 10.0 Å². The van der Waals surface area contributed by atoms with Gasteiger partial charge >= 0.3 is 0 Å². The molecular weight excluding hydrogens is 474 g/mol. The van der Waals surface area contributed by atoms with Crippen molar-refractivity contribution in [3.63, 3.8) is 0 Å². The van der Waals surface area contributed by atoms with Crippen LogP contribution in [0.4, 0.5) is 8.78 Å². The molecule has 0 amide bonds. The minimum atomic E-state index is -0.634.